The number of carbonyl (C=O) groups excluding carboxylic acids is 1. The molecule has 0 atom stereocenters. The Balaban J connectivity index is 3.31. The van der Waals surface area contributed by atoms with Crippen LogP contribution in [0.5, 0.6) is 0 Å². The molecule has 0 aromatic heterocycles. The summed E-state index contributed by atoms with van der Waals surface area (Å²) in [6.45, 7) is 0. The second-order valence-electron chi connectivity index (χ2n) is 3.89. The molecule has 0 aliphatic carbocycles. The number of rotatable bonds is 5. The standard InChI is InChI=1S/C8H9NO10S3/c10-8(4-20(11,12)13)9-5-1-2-6(21(14,15)16)7(3-5)22(17,18)19/h1-3H,4H2,(H,9,10)(H,11,12,13)(H,14,15,16)(H,17,18,19). The summed E-state index contributed by atoms with van der Waals surface area (Å²) in [5, 5.41) is 1.86. The highest BCUT2D eigenvalue weighted by Gasteiger charge is 2.24. The van der Waals surface area contributed by atoms with Gasteiger partial charge in [0.25, 0.3) is 30.4 Å². The van der Waals surface area contributed by atoms with Crippen LogP contribution in [0.15, 0.2) is 28.0 Å². The fourth-order valence-electron chi connectivity index (χ4n) is 1.36. The van der Waals surface area contributed by atoms with E-state index in [1.165, 1.54) is 0 Å². The van der Waals surface area contributed by atoms with Gasteiger partial charge in [0.15, 0.2) is 5.75 Å². The van der Waals surface area contributed by atoms with Gasteiger partial charge in [0.2, 0.25) is 5.91 Å². The molecule has 14 heteroatoms. The molecule has 0 fully saturated rings. The number of amides is 1. The van der Waals surface area contributed by atoms with Crippen molar-refractivity contribution in [2.75, 3.05) is 11.1 Å². The van der Waals surface area contributed by atoms with Gasteiger partial charge in [0.05, 0.1) is 0 Å². The van der Waals surface area contributed by atoms with E-state index in [0.717, 1.165) is 6.07 Å². The molecule has 0 unspecified atom stereocenters. The van der Waals surface area contributed by atoms with Gasteiger partial charge in [0, 0.05) is 5.69 Å². The van der Waals surface area contributed by atoms with E-state index >= 15 is 0 Å². The van der Waals surface area contributed by atoms with E-state index in [0.29, 0.717) is 12.1 Å². The van der Waals surface area contributed by atoms with Crippen LogP contribution in [0, 0.1) is 0 Å². The molecule has 0 spiro atoms. The van der Waals surface area contributed by atoms with Crippen LogP contribution in [0.4, 0.5) is 5.69 Å². The lowest BCUT2D eigenvalue weighted by atomic mass is 10.3. The Hall–Kier alpha value is -1.58. The van der Waals surface area contributed by atoms with Crippen LogP contribution in [0.3, 0.4) is 0 Å². The molecule has 124 valence electrons. The molecule has 0 heterocycles. The molecule has 1 amide bonds. The van der Waals surface area contributed by atoms with Gasteiger partial charge in [-0.3, -0.25) is 18.5 Å². The molecule has 4 N–H and O–H groups in total. The van der Waals surface area contributed by atoms with Crippen molar-refractivity contribution in [1.82, 2.24) is 0 Å². The molecule has 0 aliphatic rings. The Labute approximate surface area is 125 Å². The maximum absolute atomic E-state index is 11.2. The fourth-order valence-corrected chi connectivity index (χ4v) is 3.55. The predicted octanol–water partition coefficient (Wildman–Crippen LogP) is -0.994. The molecule has 1 aromatic rings. The summed E-state index contributed by atoms with van der Waals surface area (Å²) in [5.74, 6) is -2.57. The minimum absolute atomic E-state index is 0.395. The zero-order chi connectivity index (χ0) is 17.3. The van der Waals surface area contributed by atoms with Gasteiger partial charge >= 0.3 is 0 Å². The number of hydrogen-bond acceptors (Lipinski definition) is 7. The van der Waals surface area contributed by atoms with Crippen molar-refractivity contribution in [3.63, 3.8) is 0 Å². The van der Waals surface area contributed by atoms with Crippen LogP contribution in [0.25, 0.3) is 0 Å². The number of hydrogen-bond donors (Lipinski definition) is 4. The van der Waals surface area contributed by atoms with E-state index in [9.17, 15) is 30.0 Å². The number of anilines is 1. The summed E-state index contributed by atoms with van der Waals surface area (Å²) in [6.07, 6.45) is 0. The molecular weight excluding hydrogens is 366 g/mol. The van der Waals surface area contributed by atoms with E-state index < -0.39 is 57.5 Å². The maximum atomic E-state index is 11.2. The third kappa shape index (κ3) is 5.32. The third-order valence-electron chi connectivity index (χ3n) is 2.10. The van der Waals surface area contributed by atoms with Crippen LogP contribution < -0.4 is 5.32 Å². The van der Waals surface area contributed by atoms with Crippen LogP contribution in [0.2, 0.25) is 0 Å². The average molecular weight is 375 g/mol. The lowest BCUT2D eigenvalue weighted by Gasteiger charge is -2.08. The average Bonchev–Trinajstić information content (AvgIpc) is 2.23. The van der Waals surface area contributed by atoms with Crippen LogP contribution in [-0.4, -0.2) is 50.6 Å². The minimum Gasteiger partial charge on any atom is -0.325 e. The Morgan fingerprint density at radius 1 is 0.909 bits per heavy atom. The molecule has 0 aliphatic heterocycles. The van der Waals surface area contributed by atoms with Crippen molar-refractivity contribution < 1.29 is 43.7 Å². The normalized spacial score (nSPS) is 12.9. The van der Waals surface area contributed by atoms with Gasteiger partial charge in [0.1, 0.15) is 9.79 Å². The largest absolute Gasteiger partial charge is 0.325 e. The topological polar surface area (TPSA) is 192 Å². The van der Waals surface area contributed by atoms with Gasteiger partial charge < -0.3 is 5.32 Å². The predicted molar refractivity (Wildman–Crippen MR) is 71.1 cm³/mol. The summed E-state index contributed by atoms with van der Waals surface area (Å²) in [6, 6.07) is 1.89. The first kappa shape index (κ1) is 18.5. The van der Waals surface area contributed by atoms with Crippen molar-refractivity contribution in [1.29, 1.82) is 0 Å². The molecule has 0 saturated carbocycles. The highest BCUT2D eigenvalue weighted by molar-refractivity contribution is 7.89. The molecule has 1 aromatic carbocycles. The summed E-state index contributed by atoms with van der Waals surface area (Å²) >= 11 is 0. The lowest BCUT2D eigenvalue weighted by molar-refractivity contribution is -0.113. The van der Waals surface area contributed by atoms with Crippen molar-refractivity contribution in [3.05, 3.63) is 18.2 Å². The smallest absolute Gasteiger partial charge is 0.295 e. The first-order valence-corrected chi connectivity index (χ1v) is 9.53. The van der Waals surface area contributed by atoms with Gasteiger partial charge in [-0.05, 0) is 18.2 Å². The first-order valence-electron chi connectivity index (χ1n) is 5.04. The molecule has 1 rings (SSSR count). The van der Waals surface area contributed by atoms with E-state index in [2.05, 4.69) is 0 Å². The van der Waals surface area contributed by atoms with Gasteiger partial charge in [-0.2, -0.15) is 25.3 Å². The highest BCUT2D eigenvalue weighted by Crippen LogP contribution is 2.24. The monoisotopic (exact) mass is 375 g/mol. The number of nitrogens with one attached hydrogen (secondary N) is 1. The fraction of sp³-hybridized carbons (Fsp3) is 0.125. The number of carbonyl (C=O) groups is 1. The third-order valence-corrected chi connectivity index (χ3v) is 4.66. The minimum atomic E-state index is -5.07. The Kier molecular flexibility index (Phi) is 4.95. The molecule has 22 heavy (non-hydrogen) atoms. The summed E-state index contributed by atoms with van der Waals surface area (Å²) in [7, 11) is -14.7. The van der Waals surface area contributed by atoms with Crippen molar-refractivity contribution >= 4 is 41.9 Å². The zero-order valence-corrected chi connectivity index (χ0v) is 12.8. The Morgan fingerprint density at radius 3 is 1.82 bits per heavy atom. The zero-order valence-electron chi connectivity index (χ0n) is 10.4. The van der Waals surface area contributed by atoms with Gasteiger partial charge in [-0.1, -0.05) is 0 Å². The second kappa shape index (κ2) is 5.90. The van der Waals surface area contributed by atoms with E-state index in [1.807, 2.05) is 5.32 Å². The summed E-state index contributed by atoms with van der Waals surface area (Å²) in [5.41, 5.74) is -0.395. The van der Waals surface area contributed by atoms with Crippen LogP contribution in [0.1, 0.15) is 0 Å². The van der Waals surface area contributed by atoms with Gasteiger partial charge in [-0.25, -0.2) is 0 Å². The van der Waals surface area contributed by atoms with Gasteiger partial charge in [-0.15, -0.1) is 0 Å². The summed E-state index contributed by atoms with van der Waals surface area (Å²) in [4.78, 5) is 8.88. The van der Waals surface area contributed by atoms with Crippen molar-refractivity contribution in [2.24, 2.45) is 0 Å². The maximum Gasteiger partial charge on any atom is 0.295 e. The molecule has 11 nitrogen and oxygen atoms in total. The summed E-state index contributed by atoms with van der Waals surface area (Å²) < 4.78 is 91.4. The highest BCUT2D eigenvalue weighted by atomic mass is 32.2. The molecular formula is C8H9NO10S3. The first-order chi connectivity index (χ1) is 9.70. The van der Waals surface area contributed by atoms with Crippen molar-refractivity contribution in [3.8, 4) is 0 Å². The molecule has 0 bridgehead atoms. The van der Waals surface area contributed by atoms with Crippen LogP contribution >= 0.6 is 0 Å². The SMILES string of the molecule is O=C(CS(=O)(=O)O)Nc1ccc(S(=O)(=O)O)c(S(=O)(=O)O)c1. The van der Waals surface area contributed by atoms with E-state index in [-0.39, 0.29) is 0 Å². The van der Waals surface area contributed by atoms with E-state index in [1.54, 1.807) is 0 Å². The number of benzene rings is 1. The quantitative estimate of drug-likeness (QED) is 0.464. The Bertz CT molecular complexity index is 913. The Morgan fingerprint density at radius 2 is 1.41 bits per heavy atom. The van der Waals surface area contributed by atoms with E-state index in [4.69, 9.17) is 13.7 Å². The molecule has 0 radical (unpaired) electrons. The van der Waals surface area contributed by atoms with Crippen molar-refractivity contribution in [2.45, 2.75) is 9.79 Å². The second-order valence-corrected chi connectivity index (χ2v) is 8.12. The molecule has 0 saturated heterocycles. The van der Waals surface area contributed by atoms with Crippen LogP contribution in [-0.2, 0) is 35.1 Å². The lowest BCUT2D eigenvalue weighted by Crippen LogP contribution is -2.22.